The lowest BCUT2D eigenvalue weighted by Gasteiger charge is -2.20. The summed E-state index contributed by atoms with van der Waals surface area (Å²) in [5, 5.41) is 3.39. The molecule has 0 heterocycles. The molecule has 1 aromatic rings. The summed E-state index contributed by atoms with van der Waals surface area (Å²) in [7, 11) is 0. The first-order chi connectivity index (χ1) is 7.49. The van der Waals surface area contributed by atoms with E-state index in [1.54, 1.807) is 0 Å². The molecule has 1 heteroatoms. The van der Waals surface area contributed by atoms with Crippen molar-refractivity contribution in [2.75, 3.05) is 6.54 Å². The van der Waals surface area contributed by atoms with Crippen LogP contribution in [0.3, 0.4) is 0 Å². The Kier molecular flexibility index (Phi) is 4.31. The predicted octanol–water partition coefficient (Wildman–Crippen LogP) is 3.82. The highest BCUT2D eigenvalue weighted by Gasteiger charge is 2.13. The molecule has 0 aliphatic heterocycles. The van der Waals surface area contributed by atoms with Gasteiger partial charge in [-0.1, -0.05) is 58.0 Å². The highest BCUT2D eigenvalue weighted by Crippen LogP contribution is 2.24. The summed E-state index contributed by atoms with van der Waals surface area (Å²) in [6.07, 6.45) is 1.95. The van der Waals surface area contributed by atoms with E-state index >= 15 is 0 Å². The van der Waals surface area contributed by atoms with Gasteiger partial charge >= 0.3 is 0 Å². The van der Waals surface area contributed by atoms with Gasteiger partial charge in [-0.2, -0.15) is 0 Å². The van der Waals surface area contributed by atoms with Crippen LogP contribution in [0.2, 0.25) is 0 Å². The second kappa shape index (κ2) is 5.31. The maximum Gasteiger partial charge on any atom is 0.0503 e. The van der Waals surface area contributed by atoms with Crippen LogP contribution in [0.5, 0.6) is 0 Å². The molecule has 0 bridgehead atoms. The van der Waals surface area contributed by atoms with Crippen LogP contribution in [-0.2, 0) is 5.41 Å². The first kappa shape index (κ1) is 13.0. The molecule has 1 aromatic carbocycles. The molecule has 0 fully saturated rings. The number of benzene rings is 1. The lowest BCUT2D eigenvalue weighted by atomic mass is 9.86. The molecular formula is C15H23N. The van der Waals surface area contributed by atoms with Crippen LogP contribution in [-0.4, -0.2) is 6.54 Å². The molecule has 0 aliphatic carbocycles. The third kappa shape index (κ3) is 3.21. The Morgan fingerprint density at radius 3 is 2.19 bits per heavy atom. The van der Waals surface area contributed by atoms with E-state index in [1.807, 2.05) is 6.08 Å². The molecule has 0 saturated heterocycles. The van der Waals surface area contributed by atoms with E-state index in [0.717, 1.165) is 6.54 Å². The molecule has 0 saturated carbocycles. The van der Waals surface area contributed by atoms with Crippen LogP contribution in [0.4, 0.5) is 0 Å². The Labute approximate surface area is 99.6 Å². The topological polar surface area (TPSA) is 12.0 Å². The molecule has 16 heavy (non-hydrogen) atoms. The normalized spacial score (nSPS) is 13.5. The summed E-state index contributed by atoms with van der Waals surface area (Å²) in [5.74, 6) is 0. The molecule has 1 atom stereocenters. The number of rotatable bonds is 4. The van der Waals surface area contributed by atoms with E-state index in [2.05, 4.69) is 63.9 Å². The zero-order chi connectivity index (χ0) is 12.2. The largest absolute Gasteiger partial charge is 0.307 e. The highest BCUT2D eigenvalue weighted by atomic mass is 14.9. The van der Waals surface area contributed by atoms with Crippen LogP contribution in [0.1, 0.15) is 44.9 Å². The zero-order valence-corrected chi connectivity index (χ0v) is 10.9. The standard InChI is InChI=1S/C15H23N/c1-6-14(16-7-2)12-8-10-13(11-9-12)15(3,4)5/h6,8-11,14,16H,1,7H2,2-5H3. The number of hydrogen-bond donors (Lipinski definition) is 1. The minimum absolute atomic E-state index is 0.223. The average Bonchev–Trinajstić information content (AvgIpc) is 2.25. The summed E-state index contributed by atoms with van der Waals surface area (Å²) in [6.45, 7) is 13.6. The quantitative estimate of drug-likeness (QED) is 0.756. The zero-order valence-electron chi connectivity index (χ0n) is 10.9. The second-order valence-corrected chi connectivity index (χ2v) is 5.14. The Morgan fingerprint density at radius 2 is 1.81 bits per heavy atom. The third-order valence-electron chi connectivity index (χ3n) is 2.80. The van der Waals surface area contributed by atoms with Gasteiger partial charge in [0.15, 0.2) is 0 Å². The minimum Gasteiger partial charge on any atom is -0.307 e. The summed E-state index contributed by atoms with van der Waals surface area (Å²) < 4.78 is 0. The minimum atomic E-state index is 0.223. The molecule has 1 N–H and O–H groups in total. The maximum absolute atomic E-state index is 3.86. The van der Waals surface area contributed by atoms with E-state index in [-0.39, 0.29) is 11.5 Å². The van der Waals surface area contributed by atoms with Crippen LogP contribution >= 0.6 is 0 Å². The van der Waals surface area contributed by atoms with Crippen molar-refractivity contribution in [1.29, 1.82) is 0 Å². The molecule has 0 aliphatic rings. The first-order valence-corrected chi connectivity index (χ1v) is 5.95. The van der Waals surface area contributed by atoms with Crippen LogP contribution < -0.4 is 5.32 Å². The number of likely N-dealkylation sites (N-methyl/N-ethyl adjacent to an activating group) is 1. The fraction of sp³-hybridized carbons (Fsp3) is 0.467. The Balaban J connectivity index is 2.89. The van der Waals surface area contributed by atoms with Gasteiger partial charge in [0.05, 0.1) is 6.04 Å². The Hall–Kier alpha value is -1.08. The molecule has 0 radical (unpaired) electrons. The van der Waals surface area contributed by atoms with Gasteiger partial charge < -0.3 is 5.32 Å². The van der Waals surface area contributed by atoms with Gasteiger partial charge in [0, 0.05) is 0 Å². The molecule has 88 valence electrons. The summed E-state index contributed by atoms with van der Waals surface area (Å²) in [5.41, 5.74) is 2.88. The van der Waals surface area contributed by atoms with Crippen molar-refractivity contribution in [2.24, 2.45) is 0 Å². The monoisotopic (exact) mass is 217 g/mol. The maximum atomic E-state index is 3.86. The predicted molar refractivity (Wildman–Crippen MR) is 71.8 cm³/mol. The molecule has 1 unspecified atom stereocenters. The van der Waals surface area contributed by atoms with Crippen molar-refractivity contribution < 1.29 is 0 Å². The van der Waals surface area contributed by atoms with E-state index in [1.165, 1.54) is 11.1 Å². The van der Waals surface area contributed by atoms with Crippen molar-refractivity contribution in [1.82, 2.24) is 5.32 Å². The SMILES string of the molecule is C=CC(NCC)c1ccc(C(C)(C)C)cc1. The average molecular weight is 217 g/mol. The molecule has 0 aromatic heterocycles. The lowest BCUT2D eigenvalue weighted by molar-refractivity contribution is 0.588. The van der Waals surface area contributed by atoms with Gasteiger partial charge in [-0.3, -0.25) is 0 Å². The third-order valence-corrected chi connectivity index (χ3v) is 2.80. The summed E-state index contributed by atoms with van der Waals surface area (Å²) in [4.78, 5) is 0. The molecule has 1 rings (SSSR count). The van der Waals surface area contributed by atoms with E-state index in [9.17, 15) is 0 Å². The fourth-order valence-electron chi connectivity index (χ4n) is 1.75. The smallest absolute Gasteiger partial charge is 0.0503 e. The first-order valence-electron chi connectivity index (χ1n) is 5.95. The lowest BCUT2D eigenvalue weighted by Crippen LogP contribution is -2.19. The number of nitrogens with one attached hydrogen (secondary N) is 1. The molecule has 0 amide bonds. The second-order valence-electron chi connectivity index (χ2n) is 5.14. The van der Waals surface area contributed by atoms with Crippen molar-refractivity contribution in [3.05, 3.63) is 48.0 Å². The van der Waals surface area contributed by atoms with Gasteiger partial charge in [0.1, 0.15) is 0 Å². The van der Waals surface area contributed by atoms with E-state index in [4.69, 9.17) is 0 Å². The van der Waals surface area contributed by atoms with Crippen LogP contribution in [0, 0.1) is 0 Å². The van der Waals surface area contributed by atoms with Crippen molar-refractivity contribution in [3.63, 3.8) is 0 Å². The highest BCUT2D eigenvalue weighted by molar-refractivity contribution is 5.30. The summed E-state index contributed by atoms with van der Waals surface area (Å²) >= 11 is 0. The molecular weight excluding hydrogens is 194 g/mol. The van der Waals surface area contributed by atoms with E-state index < -0.39 is 0 Å². The van der Waals surface area contributed by atoms with Crippen LogP contribution in [0.15, 0.2) is 36.9 Å². The van der Waals surface area contributed by atoms with Crippen molar-refractivity contribution >= 4 is 0 Å². The van der Waals surface area contributed by atoms with Crippen LogP contribution in [0.25, 0.3) is 0 Å². The van der Waals surface area contributed by atoms with Gasteiger partial charge in [0.25, 0.3) is 0 Å². The fourth-order valence-corrected chi connectivity index (χ4v) is 1.75. The van der Waals surface area contributed by atoms with Crippen molar-refractivity contribution in [3.8, 4) is 0 Å². The number of hydrogen-bond acceptors (Lipinski definition) is 1. The summed E-state index contributed by atoms with van der Waals surface area (Å²) in [6, 6.07) is 9.07. The van der Waals surface area contributed by atoms with E-state index in [0.29, 0.717) is 0 Å². The van der Waals surface area contributed by atoms with Crippen molar-refractivity contribution in [2.45, 2.75) is 39.2 Å². The Bertz CT molecular complexity index is 329. The Morgan fingerprint density at radius 1 is 1.25 bits per heavy atom. The molecule has 1 nitrogen and oxygen atoms in total. The van der Waals surface area contributed by atoms with Gasteiger partial charge in [-0.25, -0.2) is 0 Å². The molecule has 0 spiro atoms. The van der Waals surface area contributed by atoms with Gasteiger partial charge in [0.2, 0.25) is 0 Å². The van der Waals surface area contributed by atoms with Gasteiger partial charge in [-0.15, -0.1) is 6.58 Å². The van der Waals surface area contributed by atoms with Gasteiger partial charge in [-0.05, 0) is 23.1 Å².